The second kappa shape index (κ2) is 18.5. The van der Waals surface area contributed by atoms with E-state index in [1.54, 1.807) is 48.8 Å². The van der Waals surface area contributed by atoms with Gasteiger partial charge >= 0.3 is 5.97 Å². The summed E-state index contributed by atoms with van der Waals surface area (Å²) in [5, 5.41) is 14.2. The minimum absolute atomic E-state index is 0.101. The van der Waals surface area contributed by atoms with Gasteiger partial charge in [0.15, 0.2) is 17.6 Å². The average molecular weight is 845 g/mol. The molecule has 12 heteroatoms. The van der Waals surface area contributed by atoms with Crippen molar-refractivity contribution in [1.82, 2.24) is 15.2 Å². The van der Waals surface area contributed by atoms with Crippen LogP contribution in [-0.2, 0) is 35.6 Å². The quantitative estimate of drug-likeness (QED) is 0.110. The molecular weight excluding hydrogens is 801 g/mol. The van der Waals surface area contributed by atoms with Gasteiger partial charge in [0.1, 0.15) is 36.5 Å². The van der Waals surface area contributed by atoms with Gasteiger partial charge in [-0.25, -0.2) is 4.79 Å². The van der Waals surface area contributed by atoms with Crippen molar-refractivity contribution in [3.05, 3.63) is 177 Å². The number of ether oxygens (including phenoxy) is 4. The third-order valence-corrected chi connectivity index (χ3v) is 11.6. The van der Waals surface area contributed by atoms with E-state index in [-0.39, 0.29) is 24.5 Å². The molecule has 0 saturated heterocycles. The highest BCUT2D eigenvalue weighted by Gasteiger charge is 2.38. The Morgan fingerprint density at radius 1 is 0.833 bits per heavy atom. The van der Waals surface area contributed by atoms with Gasteiger partial charge in [0, 0.05) is 31.4 Å². The lowest BCUT2D eigenvalue weighted by molar-refractivity contribution is -0.143. The number of carbonyl (C=O) groups excluding carboxylic acids is 1. The van der Waals surface area contributed by atoms with E-state index in [1.807, 2.05) is 72.8 Å². The van der Waals surface area contributed by atoms with Crippen molar-refractivity contribution >= 4 is 35.1 Å². The second-order valence-electron chi connectivity index (χ2n) is 14.9. The Hall–Kier alpha value is -6.07. The summed E-state index contributed by atoms with van der Waals surface area (Å²) >= 11 is 12.2. The molecule has 10 nitrogen and oxygen atoms in total. The average Bonchev–Trinajstić information content (AvgIpc) is 3.27. The molecule has 6 aromatic rings. The van der Waals surface area contributed by atoms with Crippen LogP contribution in [0, 0.1) is 0 Å². The lowest BCUT2D eigenvalue weighted by Gasteiger charge is -2.42. The molecule has 4 atom stereocenters. The number of aromatic nitrogens is 1. The number of carboxylic acids is 1. The highest BCUT2D eigenvalue weighted by molar-refractivity contribution is 6.42. The molecule has 0 fully saturated rings. The van der Waals surface area contributed by atoms with Crippen molar-refractivity contribution in [3.63, 3.8) is 0 Å². The number of carbonyl (C=O) groups is 2. The molecule has 0 radical (unpaired) electrons. The van der Waals surface area contributed by atoms with E-state index in [0.29, 0.717) is 65.0 Å². The predicted molar refractivity (Wildman–Crippen MR) is 229 cm³/mol. The molecule has 0 saturated carbocycles. The van der Waals surface area contributed by atoms with Gasteiger partial charge in [0.05, 0.1) is 16.1 Å². The molecule has 1 amide bonds. The van der Waals surface area contributed by atoms with Crippen LogP contribution in [-0.4, -0.2) is 45.6 Å². The van der Waals surface area contributed by atoms with Crippen molar-refractivity contribution in [3.8, 4) is 28.7 Å². The largest absolute Gasteiger partial charge is 0.489 e. The molecule has 0 bridgehead atoms. The molecule has 2 aliphatic heterocycles. The summed E-state index contributed by atoms with van der Waals surface area (Å²) in [5.41, 5.74) is 5.65. The summed E-state index contributed by atoms with van der Waals surface area (Å²) in [5.74, 6) is 1.72. The van der Waals surface area contributed by atoms with Gasteiger partial charge in [-0.15, -0.1) is 0 Å². The van der Waals surface area contributed by atoms with Crippen molar-refractivity contribution < 1.29 is 33.6 Å². The van der Waals surface area contributed by atoms with Crippen LogP contribution < -0.4 is 24.3 Å². The maximum absolute atomic E-state index is 14.4. The standard InChI is InChI=1S/C48H43Cl2N3O7/c1-2-42(32-6-4-3-5-7-32)53-27-35-26-45-44(58-29-46(60-45)33-11-15-36(16-12-33)57-28-31-10-17-39(49)40(50)22-31)25-34(35)24-43(53)47(54)52-41(48(55)56)23-30-8-13-37(14-9-30)59-38-18-20-51-21-19-38/h3-22,25-26,41-43,46H,2,23-24,27-29H2,1H3,(H,52,54)(H,55,56). The van der Waals surface area contributed by atoms with Gasteiger partial charge < -0.3 is 29.4 Å². The fourth-order valence-electron chi connectivity index (χ4n) is 7.76. The number of hydrogen-bond acceptors (Lipinski definition) is 8. The topological polar surface area (TPSA) is 119 Å². The fourth-order valence-corrected chi connectivity index (χ4v) is 8.08. The molecule has 4 unspecified atom stereocenters. The van der Waals surface area contributed by atoms with Crippen LogP contribution >= 0.6 is 23.2 Å². The zero-order chi connectivity index (χ0) is 41.6. The zero-order valence-corrected chi connectivity index (χ0v) is 34.3. The number of carboxylic acid groups (broad SMARTS) is 1. The van der Waals surface area contributed by atoms with E-state index in [1.165, 1.54) is 0 Å². The molecule has 306 valence electrons. The van der Waals surface area contributed by atoms with Gasteiger partial charge in [0.25, 0.3) is 0 Å². The number of hydrogen-bond donors (Lipinski definition) is 2. The minimum Gasteiger partial charge on any atom is -0.489 e. The van der Waals surface area contributed by atoms with E-state index < -0.39 is 18.1 Å². The number of halogens is 2. The molecule has 1 aromatic heterocycles. The summed E-state index contributed by atoms with van der Waals surface area (Å²) < 4.78 is 24.7. The van der Waals surface area contributed by atoms with Crippen molar-refractivity contribution in [2.24, 2.45) is 0 Å². The number of aliphatic carboxylic acids is 1. The Morgan fingerprint density at radius 3 is 2.25 bits per heavy atom. The summed E-state index contributed by atoms with van der Waals surface area (Å²) in [6.45, 7) is 3.19. The minimum atomic E-state index is -1.15. The Kier molecular flexibility index (Phi) is 12.5. The molecule has 0 spiro atoms. The number of nitrogens with zero attached hydrogens (tertiary/aromatic N) is 2. The molecule has 3 heterocycles. The Balaban J connectivity index is 0.981. The lowest BCUT2D eigenvalue weighted by atomic mass is 9.89. The van der Waals surface area contributed by atoms with Gasteiger partial charge in [-0.3, -0.25) is 14.7 Å². The van der Waals surface area contributed by atoms with Crippen LogP contribution in [0.2, 0.25) is 10.0 Å². The first-order chi connectivity index (χ1) is 29.2. The number of pyridine rings is 1. The Labute approximate surface area is 358 Å². The maximum Gasteiger partial charge on any atom is 0.326 e. The van der Waals surface area contributed by atoms with Crippen LogP contribution in [0.15, 0.2) is 134 Å². The fraction of sp³-hybridized carbons (Fsp3) is 0.229. The molecule has 0 aliphatic carbocycles. The summed E-state index contributed by atoms with van der Waals surface area (Å²) in [6, 6.07) is 36.0. The number of amides is 1. The van der Waals surface area contributed by atoms with Crippen molar-refractivity contribution in [2.45, 2.75) is 63.6 Å². The highest BCUT2D eigenvalue weighted by Crippen LogP contribution is 2.42. The van der Waals surface area contributed by atoms with Crippen molar-refractivity contribution in [2.75, 3.05) is 6.61 Å². The Bertz CT molecular complexity index is 2440. The maximum atomic E-state index is 14.4. The van der Waals surface area contributed by atoms with Crippen LogP contribution in [0.5, 0.6) is 28.7 Å². The molecule has 2 aliphatic rings. The molecule has 2 N–H and O–H groups in total. The predicted octanol–water partition coefficient (Wildman–Crippen LogP) is 9.96. The van der Waals surface area contributed by atoms with Crippen LogP contribution in [0.3, 0.4) is 0 Å². The molecule has 60 heavy (non-hydrogen) atoms. The first-order valence-electron chi connectivity index (χ1n) is 19.8. The van der Waals surface area contributed by atoms with E-state index in [2.05, 4.69) is 34.3 Å². The monoisotopic (exact) mass is 843 g/mol. The number of benzene rings is 5. The zero-order valence-electron chi connectivity index (χ0n) is 32.8. The number of nitrogens with one attached hydrogen (secondary N) is 1. The van der Waals surface area contributed by atoms with Crippen LogP contribution in [0.4, 0.5) is 0 Å². The Morgan fingerprint density at radius 2 is 1.53 bits per heavy atom. The summed E-state index contributed by atoms with van der Waals surface area (Å²) in [6.07, 6.45) is 4.14. The van der Waals surface area contributed by atoms with Gasteiger partial charge in [-0.2, -0.15) is 0 Å². The normalized spacial score (nSPS) is 16.9. The number of rotatable bonds is 14. The third kappa shape index (κ3) is 9.52. The second-order valence-corrected chi connectivity index (χ2v) is 15.7. The first kappa shape index (κ1) is 40.7. The smallest absolute Gasteiger partial charge is 0.326 e. The van der Waals surface area contributed by atoms with Crippen molar-refractivity contribution in [1.29, 1.82) is 0 Å². The van der Waals surface area contributed by atoms with Gasteiger partial charge in [-0.05, 0) is 107 Å². The molecule has 8 rings (SSSR count). The molecule has 5 aromatic carbocycles. The third-order valence-electron chi connectivity index (χ3n) is 10.9. The van der Waals surface area contributed by atoms with E-state index in [9.17, 15) is 14.7 Å². The van der Waals surface area contributed by atoms with Gasteiger partial charge in [-0.1, -0.05) is 90.8 Å². The lowest BCUT2D eigenvalue weighted by Crippen LogP contribution is -2.55. The van der Waals surface area contributed by atoms with Crippen LogP contribution in [0.1, 0.15) is 58.9 Å². The van der Waals surface area contributed by atoms with E-state index in [4.69, 9.17) is 42.1 Å². The van der Waals surface area contributed by atoms with Crippen LogP contribution in [0.25, 0.3) is 0 Å². The highest BCUT2D eigenvalue weighted by atomic mass is 35.5. The van der Waals surface area contributed by atoms with E-state index in [0.717, 1.165) is 39.8 Å². The van der Waals surface area contributed by atoms with E-state index >= 15 is 0 Å². The molecular formula is C48H43Cl2N3O7. The number of fused-ring (bicyclic) bond motifs is 2. The first-order valence-corrected chi connectivity index (χ1v) is 20.6. The summed E-state index contributed by atoms with van der Waals surface area (Å²) in [4.78, 5) is 33.2. The summed E-state index contributed by atoms with van der Waals surface area (Å²) in [7, 11) is 0. The SMILES string of the molecule is CCC(c1ccccc1)N1Cc2cc3c(cc2CC1C(=O)NC(Cc1ccc(Oc2ccncc2)cc1)C(=O)O)OCC(c1ccc(OCc2ccc(Cl)c(Cl)c2)cc1)O3. The van der Waals surface area contributed by atoms with Gasteiger partial charge in [0.2, 0.25) is 5.91 Å².